The molecule has 0 aliphatic heterocycles. The van der Waals surface area contributed by atoms with Crippen LogP contribution in [0.5, 0.6) is 0 Å². The Morgan fingerprint density at radius 2 is 2.28 bits per heavy atom. The summed E-state index contributed by atoms with van der Waals surface area (Å²) in [4.78, 5) is 25.1. The van der Waals surface area contributed by atoms with Crippen molar-refractivity contribution in [2.45, 2.75) is 13.8 Å². The minimum absolute atomic E-state index is 0.339. The quantitative estimate of drug-likeness (QED) is 0.641. The van der Waals surface area contributed by atoms with Crippen LogP contribution >= 0.6 is 0 Å². The van der Waals surface area contributed by atoms with E-state index in [-0.39, 0.29) is 5.97 Å². The van der Waals surface area contributed by atoms with Crippen LogP contribution in [0.15, 0.2) is 18.2 Å². The highest BCUT2D eigenvalue weighted by Crippen LogP contribution is 2.25. The molecule has 0 fully saturated rings. The highest BCUT2D eigenvalue weighted by molar-refractivity contribution is 5.99. The van der Waals surface area contributed by atoms with Crippen LogP contribution in [0.2, 0.25) is 0 Å². The maximum atomic E-state index is 11.7. The molecule has 0 radical (unpaired) electrons. The van der Waals surface area contributed by atoms with E-state index in [2.05, 4.69) is 10.3 Å². The van der Waals surface area contributed by atoms with Crippen LogP contribution < -0.4 is 5.32 Å². The minimum atomic E-state index is -0.365. The number of esters is 1. The van der Waals surface area contributed by atoms with Gasteiger partial charge in [-0.15, -0.1) is 0 Å². The van der Waals surface area contributed by atoms with E-state index in [0.29, 0.717) is 24.4 Å². The van der Waals surface area contributed by atoms with Gasteiger partial charge in [-0.05, 0) is 37.6 Å². The SMILES string of the molecule is CCOC(=O)c1[nH]c2ccc(NC=O)cc2c1C. The third kappa shape index (κ3) is 2.07. The molecule has 0 unspecified atom stereocenters. The van der Waals surface area contributed by atoms with Crippen molar-refractivity contribution >= 4 is 29.0 Å². The van der Waals surface area contributed by atoms with Gasteiger partial charge in [0.15, 0.2) is 0 Å². The lowest BCUT2D eigenvalue weighted by molar-refractivity contribution is -0.105. The predicted molar refractivity (Wildman–Crippen MR) is 68.7 cm³/mol. The van der Waals surface area contributed by atoms with Crippen LogP contribution in [-0.4, -0.2) is 24.0 Å². The molecule has 2 rings (SSSR count). The summed E-state index contributed by atoms with van der Waals surface area (Å²) in [7, 11) is 0. The second-order valence-electron chi connectivity index (χ2n) is 3.87. The first kappa shape index (κ1) is 12.2. The highest BCUT2D eigenvalue weighted by Gasteiger charge is 2.15. The van der Waals surface area contributed by atoms with E-state index in [4.69, 9.17) is 4.74 Å². The van der Waals surface area contributed by atoms with Gasteiger partial charge in [-0.1, -0.05) is 0 Å². The fourth-order valence-electron chi connectivity index (χ4n) is 1.89. The molecule has 5 heteroatoms. The van der Waals surface area contributed by atoms with Crippen LogP contribution in [0.25, 0.3) is 10.9 Å². The molecule has 18 heavy (non-hydrogen) atoms. The standard InChI is InChI=1S/C13H14N2O3/c1-3-18-13(17)12-8(2)10-6-9(14-7-16)4-5-11(10)15-12/h4-7,15H,3H2,1-2H3,(H,14,16). The third-order valence-corrected chi connectivity index (χ3v) is 2.76. The first-order valence-corrected chi connectivity index (χ1v) is 5.67. The smallest absolute Gasteiger partial charge is 0.355 e. The molecule has 1 aromatic heterocycles. The van der Waals surface area contributed by atoms with Crippen molar-refractivity contribution in [3.05, 3.63) is 29.5 Å². The van der Waals surface area contributed by atoms with E-state index in [0.717, 1.165) is 16.5 Å². The Hall–Kier alpha value is -2.30. The van der Waals surface area contributed by atoms with Gasteiger partial charge in [0, 0.05) is 16.6 Å². The summed E-state index contributed by atoms with van der Waals surface area (Å²) in [6, 6.07) is 5.40. The van der Waals surface area contributed by atoms with E-state index in [1.54, 1.807) is 13.0 Å². The van der Waals surface area contributed by atoms with Crippen LogP contribution in [-0.2, 0) is 9.53 Å². The maximum absolute atomic E-state index is 11.7. The summed E-state index contributed by atoms with van der Waals surface area (Å²) in [5.74, 6) is -0.365. The molecular weight excluding hydrogens is 232 g/mol. The van der Waals surface area contributed by atoms with Gasteiger partial charge in [-0.25, -0.2) is 4.79 Å². The van der Waals surface area contributed by atoms with Crippen LogP contribution in [0, 0.1) is 6.92 Å². The second kappa shape index (κ2) is 4.91. The first-order chi connectivity index (χ1) is 8.67. The van der Waals surface area contributed by atoms with Gasteiger partial charge in [0.05, 0.1) is 6.61 Å². The van der Waals surface area contributed by atoms with Gasteiger partial charge >= 0.3 is 5.97 Å². The van der Waals surface area contributed by atoms with Crippen molar-refractivity contribution in [1.29, 1.82) is 0 Å². The number of amides is 1. The topological polar surface area (TPSA) is 71.2 Å². The lowest BCUT2D eigenvalue weighted by Crippen LogP contribution is -2.06. The molecule has 0 saturated heterocycles. The number of benzene rings is 1. The number of nitrogens with one attached hydrogen (secondary N) is 2. The number of aromatic nitrogens is 1. The molecule has 0 saturated carbocycles. The normalized spacial score (nSPS) is 10.3. The van der Waals surface area contributed by atoms with Gasteiger partial charge in [0.1, 0.15) is 5.69 Å². The van der Waals surface area contributed by atoms with Gasteiger partial charge in [0.25, 0.3) is 0 Å². The molecule has 0 bridgehead atoms. The Morgan fingerprint density at radius 1 is 1.50 bits per heavy atom. The molecule has 2 N–H and O–H groups in total. The number of carbonyl (C=O) groups is 2. The maximum Gasteiger partial charge on any atom is 0.355 e. The summed E-state index contributed by atoms with van der Waals surface area (Å²) in [6.45, 7) is 3.95. The molecule has 0 spiro atoms. The van der Waals surface area contributed by atoms with Crippen molar-refractivity contribution in [2.24, 2.45) is 0 Å². The van der Waals surface area contributed by atoms with Crippen molar-refractivity contribution in [2.75, 3.05) is 11.9 Å². The average Bonchev–Trinajstić information content (AvgIpc) is 2.68. The average molecular weight is 246 g/mol. The van der Waals surface area contributed by atoms with E-state index < -0.39 is 0 Å². The number of anilines is 1. The van der Waals surface area contributed by atoms with Crippen molar-refractivity contribution in [3.8, 4) is 0 Å². The van der Waals surface area contributed by atoms with Gasteiger partial charge < -0.3 is 15.0 Å². The van der Waals surface area contributed by atoms with Crippen LogP contribution in [0.3, 0.4) is 0 Å². The number of carbonyl (C=O) groups excluding carboxylic acids is 2. The molecule has 2 aromatic rings. The molecule has 1 aromatic carbocycles. The molecule has 94 valence electrons. The Morgan fingerprint density at radius 3 is 2.94 bits per heavy atom. The zero-order valence-electron chi connectivity index (χ0n) is 10.2. The molecule has 5 nitrogen and oxygen atoms in total. The zero-order valence-corrected chi connectivity index (χ0v) is 10.2. The summed E-state index contributed by atoms with van der Waals surface area (Å²) in [5, 5.41) is 3.47. The summed E-state index contributed by atoms with van der Waals surface area (Å²) in [5.41, 5.74) is 2.80. The molecular formula is C13H14N2O3. The van der Waals surface area contributed by atoms with Gasteiger partial charge in [-0.3, -0.25) is 4.79 Å². The number of hydrogen-bond acceptors (Lipinski definition) is 3. The highest BCUT2D eigenvalue weighted by atomic mass is 16.5. The van der Waals surface area contributed by atoms with Crippen molar-refractivity contribution in [1.82, 2.24) is 4.98 Å². The number of rotatable bonds is 4. The van der Waals surface area contributed by atoms with Gasteiger partial charge in [0.2, 0.25) is 6.41 Å². The lowest BCUT2D eigenvalue weighted by atomic mass is 10.1. The molecule has 0 atom stereocenters. The number of aryl methyl sites for hydroxylation is 1. The monoisotopic (exact) mass is 246 g/mol. The predicted octanol–water partition coefficient (Wildman–Crippen LogP) is 2.22. The van der Waals surface area contributed by atoms with Crippen LogP contribution in [0.1, 0.15) is 23.0 Å². The van der Waals surface area contributed by atoms with E-state index in [9.17, 15) is 9.59 Å². The minimum Gasteiger partial charge on any atom is -0.461 e. The Labute approximate surface area is 104 Å². The molecule has 1 amide bonds. The van der Waals surface area contributed by atoms with Crippen LogP contribution in [0.4, 0.5) is 5.69 Å². The number of H-pyrrole nitrogens is 1. The zero-order chi connectivity index (χ0) is 13.1. The Kier molecular flexibility index (Phi) is 3.32. The van der Waals surface area contributed by atoms with E-state index >= 15 is 0 Å². The first-order valence-electron chi connectivity index (χ1n) is 5.67. The van der Waals surface area contributed by atoms with E-state index in [1.807, 2.05) is 19.1 Å². The fraction of sp³-hybridized carbons (Fsp3) is 0.231. The van der Waals surface area contributed by atoms with Gasteiger partial charge in [-0.2, -0.15) is 0 Å². The largest absolute Gasteiger partial charge is 0.461 e. The van der Waals surface area contributed by atoms with Crippen molar-refractivity contribution in [3.63, 3.8) is 0 Å². The third-order valence-electron chi connectivity index (χ3n) is 2.76. The molecule has 1 heterocycles. The summed E-state index contributed by atoms with van der Waals surface area (Å²) >= 11 is 0. The molecule has 0 aliphatic rings. The lowest BCUT2D eigenvalue weighted by Gasteiger charge is -2.00. The number of hydrogen-bond donors (Lipinski definition) is 2. The number of aromatic amines is 1. The van der Waals surface area contributed by atoms with E-state index in [1.165, 1.54) is 0 Å². The van der Waals surface area contributed by atoms with Crippen molar-refractivity contribution < 1.29 is 14.3 Å². The molecule has 0 aliphatic carbocycles. The number of ether oxygens (including phenoxy) is 1. The summed E-state index contributed by atoms with van der Waals surface area (Å²) < 4.78 is 4.97. The Balaban J connectivity index is 2.49. The number of fused-ring (bicyclic) bond motifs is 1. The fourth-order valence-corrected chi connectivity index (χ4v) is 1.89. The Bertz CT molecular complexity index is 602. The summed E-state index contributed by atoms with van der Waals surface area (Å²) in [6.07, 6.45) is 0.620. The second-order valence-corrected chi connectivity index (χ2v) is 3.87.